The number of aryl methyl sites for hydroxylation is 1. The fourth-order valence-electron chi connectivity index (χ4n) is 2.12. The second kappa shape index (κ2) is 6.77. The van der Waals surface area contributed by atoms with E-state index >= 15 is 0 Å². The zero-order valence-corrected chi connectivity index (χ0v) is 12.8. The molecule has 1 aromatic heterocycles. The molecular formula is C13H22BrNS. The van der Waals surface area contributed by atoms with Gasteiger partial charge in [0.05, 0.1) is 0 Å². The monoisotopic (exact) mass is 303 g/mol. The summed E-state index contributed by atoms with van der Waals surface area (Å²) in [5.41, 5.74) is 6.38. The summed E-state index contributed by atoms with van der Waals surface area (Å²) < 4.78 is 1.20. The predicted molar refractivity (Wildman–Crippen MR) is 77.0 cm³/mol. The Labute approximate surface area is 112 Å². The van der Waals surface area contributed by atoms with Crippen molar-refractivity contribution in [3.05, 3.63) is 20.3 Å². The molecule has 0 saturated carbocycles. The highest BCUT2D eigenvalue weighted by molar-refractivity contribution is 9.10. The molecule has 1 nitrogen and oxygen atoms in total. The number of nitrogens with two attached hydrogens (primary N) is 1. The Kier molecular flexibility index (Phi) is 6.01. The van der Waals surface area contributed by atoms with Crippen LogP contribution >= 0.6 is 27.3 Å². The van der Waals surface area contributed by atoms with Crippen molar-refractivity contribution in [1.29, 1.82) is 0 Å². The lowest BCUT2D eigenvalue weighted by molar-refractivity contribution is 0.372. The molecule has 0 amide bonds. The van der Waals surface area contributed by atoms with Crippen molar-refractivity contribution in [2.75, 3.05) is 0 Å². The Morgan fingerprint density at radius 2 is 1.88 bits per heavy atom. The molecule has 0 aliphatic heterocycles. The molecule has 0 spiro atoms. The zero-order valence-electron chi connectivity index (χ0n) is 10.4. The molecular weight excluding hydrogens is 282 g/mol. The van der Waals surface area contributed by atoms with Crippen LogP contribution in [0.2, 0.25) is 0 Å². The van der Waals surface area contributed by atoms with E-state index in [4.69, 9.17) is 5.73 Å². The van der Waals surface area contributed by atoms with Crippen LogP contribution in [-0.4, -0.2) is 0 Å². The maximum absolute atomic E-state index is 6.38. The smallest absolute Gasteiger partial charge is 0.0418 e. The van der Waals surface area contributed by atoms with Gasteiger partial charge in [0.15, 0.2) is 0 Å². The van der Waals surface area contributed by atoms with Crippen LogP contribution in [0, 0.1) is 12.8 Å². The molecule has 0 aromatic carbocycles. The Morgan fingerprint density at radius 1 is 1.31 bits per heavy atom. The van der Waals surface area contributed by atoms with E-state index in [1.807, 2.05) is 11.3 Å². The van der Waals surface area contributed by atoms with E-state index < -0.39 is 0 Å². The number of halogens is 1. The van der Waals surface area contributed by atoms with E-state index in [1.165, 1.54) is 39.9 Å². The van der Waals surface area contributed by atoms with Gasteiger partial charge in [-0.05, 0) is 47.7 Å². The van der Waals surface area contributed by atoms with E-state index in [0.717, 1.165) is 0 Å². The van der Waals surface area contributed by atoms with Gasteiger partial charge in [0.1, 0.15) is 0 Å². The van der Waals surface area contributed by atoms with Crippen LogP contribution in [0.15, 0.2) is 10.5 Å². The minimum Gasteiger partial charge on any atom is -0.323 e. The van der Waals surface area contributed by atoms with Crippen molar-refractivity contribution in [2.45, 2.75) is 52.5 Å². The number of rotatable bonds is 6. The summed E-state index contributed by atoms with van der Waals surface area (Å²) in [6.07, 6.45) is 4.93. The van der Waals surface area contributed by atoms with Crippen LogP contribution in [0.4, 0.5) is 0 Å². The average Bonchev–Trinajstić information content (AvgIpc) is 2.58. The minimum absolute atomic E-state index is 0.217. The summed E-state index contributed by atoms with van der Waals surface area (Å²) in [6, 6.07) is 2.41. The van der Waals surface area contributed by atoms with E-state index in [-0.39, 0.29) is 6.04 Å². The molecule has 1 rings (SSSR count). The van der Waals surface area contributed by atoms with Gasteiger partial charge < -0.3 is 5.73 Å². The lowest BCUT2D eigenvalue weighted by Crippen LogP contribution is -2.20. The fourth-order valence-corrected chi connectivity index (χ4v) is 3.78. The fraction of sp³-hybridized carbons (Fsp3) is 0.692. The standard InChI is InChI=1S/C13H22BrNS/c1-4-6-10(7-5-2)13(15)12-8-11(14)9(3)16-12/h8,10,13H,4-7,15H2,1-3H3. The van der Waals surface area contributed by atoms with Crippen LogP contribution in [0.3, 0.4) is 0 Å². The summed E-state index contributed by atoms with van der Waals surface area (Å²) in [5.74, 6) is 0.639. The zero-order chi connectivity index (χ0) is 12.1. The van der Waals surface area contributed by atoms with Crippen molar-refractivity contribution in [3.8, 4) is 0 Å². The molecule has 1 aromatic rings. The first-order chi connectivity index (χ1) is 7.60. The van der Waals surface area contributed by atoms with Crippen molar-refractivity contribution in [3.63, 3.8) is 0 Å². The SMILES string of the molecule is CCCC(CCC)C(N)c1cc(Br)c(C)s1. The summed E-state index contributed by atoms with van der Waals surface area (Å²) in [7, 11) is 0. The quantitative estimate of drug-likeness (QED) is 0.783. The molecule has 1 unspecified atom stereocenters. The number of thiophene rings is 1. The summed E-state index contributed by atoms with van der Waals surface area (Å²) in [6.45, 7) is 6.62. The van der Waals surface area contributed by atoms with Gasteiger partial charge in [0.2, 0.25) is 0 Å². The van der Waals surface area contributed by atoms with Gasteiger partial charge in [0, 0.05) is 20.3 Å². The molecule has 92 valence electrons. The largest absolute Gasteiger partial charge is 0.323 e. The predicted octanol–water partition coefficient (Wildman–Crippen LogP) is 5.04. The molecule has 0 fully saturated rings. The molecule has 16 heavy (non-hydrogen) atoms. The molecule has 0 aliphatic carbocycles. The number of hydrogen-bond donors (Lipinski definition) is 1. The van der Waals surface area contributed by atoms with E-state index in [1.54, 1.807) is 0 Å². The van der Waals surface area contributed by atoms with Gasteiger partial charge in [-0.25, -0.2) is 0 Å². The molecule has 1 atom stereocenters. The van der Waals surface area contributed by atoms with Gasteiger partial charge in [-0.15, -0.1) is 11.3 Å². The Balaban J connectivity index is 2.76. The normalized spacial score (nSPS) is 13.4. The summed E-state index contributed by atoms with van der Waals surface area (Å²) in [5, 5.41) is 0. The molecule has 0 aliphatic rings. The maximum atomic E-state index is 6.38. The first kappa shape index (κ1) is 14.2. The van der Waals surface area contributed by atoms with Gasteiger partial charge in [-0.2, -0.15) is 0 Å². The first-order valence-corrected chi connectivity index (χ1v) is 7.72. The van der Waals surface area contributed by atoms with Crippen molar-refractivity contribution in [1.82, 2.24) is 0 Å². The van der Waals surface area contributed by atoms with Crippen LogP contribution in [-0.2, 0) is 0 Å². The van der Waals surface area contributed by atoms with Crippen molar-refractivity contribution >= 4 is 27.3 Å². The van der Waals surface area contributed by atoms with Crippen LogP contribution in [0.25, 0.3) is 0 Å². The van der Waals surface area contributed by atoms with E-state index in [2.05, 4.69) is 42.8 Å². The van der Waals surface area contributed by atoms with Gasteiger partial charge in [-0.1, -0.05) is 26.7 Å². The summed E-state index contributed by atoms with van der Waals surface area (Å²) >= 11 is 5.40. The van der Waals surface area contributed by atoms with Crippen LogP contribution in [0.1, 0.15) is 55.3 Å². The van der Waals surface area contributed by atoms with Crippen molar-refractivity contribution in [2.24, 2.45) is 11.7 Å². The first-order valence-electron chi connectivity index (χ1n) is 6.11. The molecule has 0 saturated heterocycles. The second-order valence-corrected chi connectivity index (χ2v) is 6.56. The molecule has 3 heteroatoms. The second-order valence-electron chi connectivity index (χ2n) is 4.42. The van der Waals surface area contributed by atoms with Crippen LogP contribution < -0.4 is 5.73 Å². The Bertz CT molecular complexity index is 296. The number of hydrogen-bond acceptors (Lipinski definition) is 2. The molecule has 2 N–H and O–H groups in total. The third-order valence-corrected chi connectivity index (χ3v) is 5.27. The molecule has 1 heterocycles. The van der Waals surface area contributed by atoms with Gasteiger partial charge in [0.25, 0.3) is 0 Å². The topological polar surface area (TPSA) is 26.0 Å². The summed E-state index contributed by atoms with van der Waals surface area (Å²) in [4.78, 5) is 2.66. The Hall–Kier alpha value is 0.140. The lowest BCUT2D eigenvalue weighted by Gasteiger charge is -2.22. The average molecular weight is 304 g/mol. The van der Waals surface area contributed by atoms with Crippen molar-refractivity contribution < 1.29 is 0 Å². The van der Waals surface area contributed by atoms with E-state index in [0.29, 0.717) is 5.92 Å². The highest BCUT2D eigenvalue weighted by Gasteiger charge is 2.20. The Morgan fingerprint density at radius 3 is 2.25 bits per heavy atom. The highest BCUT2D eigenvalue weighted by Crippen LogP contribution is 2.35. The lowest BCUT2D eigenvalue weighted by atomic mass is 9.90. The van der Waals surface area contributed by atoms with Crippen LogP contribution in [0.5, 0.6) is 0 Å². The van der Waals surface area contributed by atoms with Gasteiger partial charge >= 0.3 is 0 Å². The molecule has 0 radical (unpaired) electrons. The van der Waals surface area contributed by atoms with Gasteiger partial charge in [-0.3, -0.25) is 0 Å². The highest BCUT2D eigenvalue weighted by atomic mass is 79.9. The van der Waals surface area contributed by atoms with E-state index in [9.17, 15) is 0 Å². The maximum Gasteiger partial charge on any atom is 0.0418 e. The molecule has 0 bridgehead atoms. The third-order valence-electron chi connectivity index (χ3n) is 3.03. The third kappa shape index (κ3) is 3.57. The minimum atomic E-state index is 0.217.